The van der Waals surface area contributed by atoms with Crippen LogP contribution in [0.3, 0.4) is 0 Å². The Morgan fingerprint density at radius 3 is 2.73 bits per heavy atom. The number of benzene rings is 2. The Kier molecular flexibility index (Phi) is 4.45. The first kappa shape index (κ1) is 17.4. The summed E-state index contributed by atoms with van der Waals surface area (Å²) in [5, 5.41) is 4.78. The van der Waals surface area contributed by atoms with Gasteiger partial charge in [0.1, 0.15) is 0 Å². The minimum atomic E-state index is -0.317. The van der Waals surface area contributed by atoms with E-state index < -0.39 is 0 Å². The third-order valence-corrected chi connectivity index (χ3v) is 6.24. The fourth-order valence-electron chi connectivity index (χ4n) is 4.18. The molecule has 3 nitrogen and oxygen atoms in total. The standard InChI is InChI=1S/C21H19Cl2NO2/c1-11-13(21(25)26-2)7-8-16-14-4-3-5-15(14)20(24-19(11)16)12-6-9-17(22)18(23)10-12/h3-4,6-10,14-15,20,24H,5H2,1-2H3/t14-,15+,20-/m1/s1. The number of carbonyl (C=O) groups is 1. The Hall–Kier alpha value is -1.97. The Morgan fingerprint density at radius 2 is 2.00 bits per heavy atom. The lowest BCUT2D eigenvalue weighted by Gasteiger charge is -2.38. The second-order valence-electron chi connectivity index (χ2n) is 6.84. The van der Waals surface area contributed by atoms with E-state index in [2.05, 4.69) is 17.5 Å². The SMILES string of the molecule is COC(=O)c1ccc2c(c1C)N[C@H](c1ccc(Cl)c(Cl)c1)[C@H]1CC=C[C@@H]21. The third-order valence-electron chi connectivity index (χ3n) is 5.51. The van der Waals surface area contributed by atoms with Crippen LogP contribution in [-0.2, 0) is 4.74 Å². The van der Waals surface area contributed by atoms with Crippen molar-refractivity contribution < 1.29 is 9.53 Å². The van der Waals surface area contributed by atoms with Crippen molar-refractivity contribution in [1.82, 2.24) is 0 Å². The quantitative estimate of drug-likeness (QED) is 0.513. The second-order valence-corrected chi connectivity index (χ2v) is 7.66. The van der Waals surface area contributed by atoms with Gasteiger partial charge in [0.2, 0.25) is 0 Å². The van der Waals surface area contributed by atoms with Crippen molar-refractivity contribution in [2.24, 2.45) is 5.92 Å². The number of anilines is 1. The van der Waals surface area contributed by atoms with Crippen LogP contribution < -0.4 is 5.32 Å². The van der Waals surface area contributed by atoms with Gasteiger partial charge in [0.25, 0.3) is 0 Å². The highest BCUT2D eigenvalue weighted by Crippen LogP contribution is 2.51. The minimum Gasteiger partial charge on any atom is -0.465 e. The van der Waals surface area contributed by atoms with E-state index in [1.807, 2.05) is 37.3 Å². The number of methoxy groups -OCH3 is 1. The van der Waals surface area contributed by atoms with Gasteiger partial charge in [0.15, 0.2) is 0 Å². The predicted octanol–water partition coefficient (Wildman–Crippen LogP) is 5.91. The third kappa shape index (κ3) is 2.70. The van der Waals surface area contributed by atoms with E-state index in [1.165, 1.54) is 12.7 Å². The van der Waals surface area contributed by atoms with Gasteiger partial charge in [-0.2, -0.15) is 0 Å². The van der Waals surface area contributed by atoms with Crippen LogP contribution in [0.25, 0.3) is 0 Å². The molecule has 0 aromatic heterocycles. The van der Waals surface area contributed by atoms with Crippen LogP contribution in [0.15, 0.2) is 42.5 Å². The van der Waals surface area contributed by atoms with Crippen molar-refractivity contribution in [3.8, 4) is 0 Å². The molecule has 0 fully saturated rings. The normalized spacial score (nSPS) is 23.2. The van der Waals surface area contributed by atoms with Crippen LogP contribution in [0, 0.1) is 12.8 Å². The monoisotopic (exact) mass is 387 g/mol. The summed E-state index contributed by atoms with van der Waals surface area (Å²) in [6, 6.07) is 9.80. The number of hydrogen-bond acceptors (Lipinski definition) is 3. The van der Waals surface area contributed by atoms with Gasteiger partial charge in [-0.25, -0.2) is 4.79 Å². The van der Waals surface area contributed by atoms with Gasteiger partial charge in [-0.05, 0) is 54.2 Å². The Balaban J connectivity index is 1.82. The number of carbonyl (C=O) groups excluding carboxylic acids is 1. The number of rotatable bonds is 2. The number of hydrogen-bond donors (Lipinski definition) is 1. The highest BCUT2D eigenvalue weighted by atomic mass is 35.5. The Morgan fingerprint density at radius 1 is 1.19 bits per heavy atom. The van der Waals surface area contributed by atoms with E-state index in [4.69, 9.17) is 27.9 Å². The highest BCUT2D eigenvalue weighted by molar-refractivity contribution is 6.42. The van der Waals surface area contributed by atoms with Crippen molar-refractivity contribution in [2.75, 3.05) is 12.4 Å². The molecule has 0 spiro atoms. The van der Waals surface area contributed by atoms with Crippen LogP contribution in [0.2, 0.25) is 10.0 Å². The van der Waals surface area contributed by atoms with E-state index >= 15 is 0 Å². The second kappa shape index (κ2) is 6.64. The van der Waals surface area contributed by atoms with Crippen LogP contribution >= 0.6 is 23.2 Å². The van der Waals surface area contributed by atoms with Crippen LogP contribution in [0.5, 0.6) is 0 Å². The van der Waals surface area contributed by atoms with Crippen molar-refractivity contribution in [3.63, 3.8) is 0 Å². The maximum absolute atomic E-state index is 12.1. The van der Waals surface area contributed by atoms with Crippen molar-refractivity contribution in [3.05, 3.63) is 74.8 Å². The molecule has 0 amide bonds. The fraction of sp³-hybridized carbons (Fsp3) is 0.286. The topological polar surface area (TPSA) is 38.3 Å². The van der Waals surface area contributed by atoms with Gasteiger partial charge >= 0.3 is 5.97 Å². The lowest BCUT2D eigenvalue weighted by atomic mass is 9.76. The Bertz CT molecular complexity index is 922. The summed E-state index contributed by atoms with van der Waals surface area (Å²) in [5.41, 5.74) is 4.85. The summed E-state index contributed by atoms with van der Waals surface area (Å²) < 4.78 is 4.92. The van der Waals surface area contributed by atoms with Crippen molar-refractivity contribution in [1.29, 1.82) is 0 Å². The molecule has 0 saturated heterocycles. The molecule has 0 unspecified atom stereocenters. The van der Waals surface area contributed by atoms with Gasteiger partial charge < -0.3 is 10.1 Å². The van der Waals surface area contributed by atoms with E-state index in [0.29, 0.717) is 27.4 Å². The first-order valence-corrected chi connectivity index (χ1v) is 9.36. The zero-order valence-corrected chi connectivity index (χ0v) is 16.1. The molecule has 0 radical (unpaired) electrons. The average Bonchev–Trinajstić information content (AvgIpc) is 3.13. The maximum Gasteiger partial charge on any atom is 0.338 e. The molecule has 1 aliphatic heterocycles. The van der Waals surface area contributed by atoms with Gasteiger partial charge in [-0.3, -0.25) is 0 Å². The molecular formula is C21H19Cl2NO2. The Labute approximate surface area is 163 Å². The number of ether oxygens (including phenoxy) is 1. The van der Waals surface area contributed by atoms with Crippen molar-refractivity contribution in [2.45, 2.75) is 25.3 Å². The molecule has 2 aromatic rings. The van der Waals surface area contributed by atoms with E-state index in [0.717, 1.165) is 23.2 Å². The van der Waals surface area contributed by atoms with Gasteiger partial charge in [-0.15, -0.1) is 0 Å². The summed E-state index contributed by atoms with van der Waals surface area (Å²) in [6.45, 7) is 1.96. The van der Waals surface area contributed by atoms with E-state index in [-0.39, 0.29) is 12.0 Å². The molecule has 4 rings (SSSR count). The molecule has 1 N–H and O–H groups in total. The zero-order chi connectivity index (χ0) is 18.4. The lowest BCUT2D eigenvalue weighted by Crippen LogP contribution is -2.30. The van der Waals surface area contributed by atoms with Crippen LogP contribution in [0.4, 0.5) is 5.69 Å². The molecule has 134 valence electrons. The molecule has 1 aliphatic carbocycles. The summed E-state index contributed by atoms with van der Waals surface area (Å²) in [5.74, 6) is 0.404. The minimum absolute atomic E-state index is 0.101. The van der Waals surface area contributed by atoms with E-state index in [9.17, 15) is 4.79 Å². The summed E-state index contributed by atoms with van der Waals surface area (Å²) in [4.78, 5) is 12.1. The molecule has 2 aromatic carbocycles. The number of fused-ring (bicyclic) bond motifs is 3. The average molecular weight is 388 g/mol. The predicted molar refractivity (Wildman–Crippen MR) is 105 cm³/mol. The number of nitrogens with one attached hydrogen (secondary N) is 1. The number of allylic oxidation sites excluding steroid dienone is 2. The van der Waals surface area contributed by atoms with Gasteiger partial charge in [0.05, 0.1) is 28.8 Å². The molecular weight excluding hydrogens is 369 g/mol. The summed E-state index contributed by atoms with van der Waals surface area (Å²) in [7, 11) is 1.41. The smallest absolute Gasteiger partial charge is 0.338 e. The van der Waals surface area contributed by atoms with Crippen LogP contribution in [-0.4, -0.2) is 13.1 Å². The first-order valence-electron chi connectivity index (χ1n) is 8.61. The van der Waals surface area contributed by atoms with Gasteiger partial charge in [0, 0.05) is 11.6 Å². The molecule has 26 heavy (non-hydrogen) atoms. The maximum atomic E-state index is 12.1. The summed E-state index contributed by atoms with van der Waals surface area (Å²) in [6.07, 6.45) is 5.51. The molecule has 2 aliphatic rings. The molecule has 0 bridgehead atoms. The molecule has 3 atom stereocenters. The number of halogens is 2. The zero-order valence-electron chi connectivity index (χ0n) is 14.6. The largest absolute Gasteiger partial charge is 0.465 e. The first-order chi connectivity index (χ1) is 12.5. The highest BCUT2D eigenvalue weighted by Gasteiger charge is 2.39. The summed E-state index contributed by atoms with van der Waals surface area (Å²) >= 11 is 12.3. The lowest BCUT2D eigenvalue weighted by molar-refractivity contribution is 0.0600. The van der Waals surface area contributed by atoms with E-state index in [1.54, 1.807) is 0 Å². The van der Waals surface area contributed by atoms with Crippen LogP contribution in [0.1, 0.15) is 45.4 Å². The molecule has 5 heteroatoms. The number of esters is 1. The molecule has 0 saturated carbocycles. The molecule has 1 heterocycles. The fourth-order valence-corrected chi connectivity index (χ4v) is 4.49. The van der Waals surface area contributed by atoms with Crippen molar-refractivity contribution >= 4 is 34.9 Å². The van der Waals surface area contributed by atoms with Gasteiger partial charge in [-0.1, -0.05) is 47.5 Å².